The SMILES string of the molecule is CCCO/C(=C\Nc1ccccc1)C(=O)OCC. The number of esters is 1. The van der Waals surface area contributed by atoms with Crippen molar-refractivity contribution in [3.8, 4) is 0 Å². The number of carbonyl (C=O) groups excluding carboxylic acids is 1. The average Bonchev–Trinajstić information content (AvgIpc) is 2.40. The largest absolute Gasteiger partial charge is 0.486 e. The molecule has 0 aliphatic heterocycles. The summed E-state index contributed by atoms with van der Waals surface area (Å²) < 4.78 is 10.3. The number of carbonyl (C=O) groups is 1. The summed E-state index contributed by atoms with van der Waals surface area (Å²) in [5.74, 6) is -0.253. The van der Waals surface area contributed by atoms with E-state index in [0.717, 1.165) is 12.1 Å². The summed E-state index contributed by atoms with van der Waals surface area (Å²) in [7, 11) is 0. The van der Waals surface area contributed by atoms with Gasteiger partial charge in [-0.05, 0) is 25.5 Å². The molecule has 1 aromatic carbocycles. The Morgan fingerprint density at radius 1 is 1.22 bits per heavy atom. The Labute approximate surface area is 108 Å². The molecule has 0 fully saturated rings. The van der Waals surface area contributed by atoms with Crippen molar-refractivity contribution >= 4 is 11.7 Å². The van der Waals surface area contributed by atoms with Gasteiger partial charge in [-0.15, -0.1) is 0 Å². The molecule has 0 bridgehead atoms. The van der Waals surface area contributed by atoms with E-state index in [-0.39, 0.29) is 5.76 Å². The van der Waals surface area contributed by atoms with Crippen molar-refractivity contribution in [2.45, 2.75) is 20.3 Å². The summed E-state index contributed by atoms with van der Waals surface area (Å²) in [6.45, 7) is 4.56. The zero-order valence-electron chi connectivity index (χ0n) is 10.8. The van der Waals surface area contributed by atoms with Crippen LogP contribution in [0.25, 0.3) is 0 Å². The molecule has 0 unspecified atom stereocenters. The van der Waals surface area contributed by atoms with Crippen LogP contribution in [-0.2, 0) is 14.3 Å². The number of anilines is 1. The molecule has 4 nitrogen and oxygen atoms in total. The van der Waals surface area contributed by atoms with Gasteiger partial charge in [0, 0.05) is 5.69 Å². The van der Waals surface area contributed by atoms with Crippen molar-refractivity contribution in [2.24, 2.45) is 0 Å². The molecule has 0 spiro atoms. The topological polar surface area (TPSA) is 47.6 Å². The van der Waals surface area contributed by atoms with Crippen LogP contribution in [-0.4, -0.2) is 19.2 Å². The predicted octanol–water partition coefficient (Wildman–Crippen LogP) is 2.93. The lowest BCUT2D eigenvalue weighted by atomic mass is 10.3. The van der Waals surface area contributed by atoms with Crippen molar-refractivity contribution in [1.82, 2.24) is 0 Å². The molecular weight excluding hydrogens is 230 g/mol. The number of ether oxygens (including phenoxy) is 2. The van der Waals surface area contributed by atoms with Gasteiger partial charge < -0.3 is 14.8 Å². The number of hydrogen-bond acceptors (Lipinski definition) is 4. The van der Waals surface area contributed by atoms with E-state index >= 15 is 0 Å². The molecule has 0 heterocycles. The monoisotopic (exact) mass is 249 g/mol. The van der Waals surface area contributed by atoms with E-state index in [1.807, 2.05) is 37.3 Å². The van der Waals surface area contributed by atoms with E-state index in [1.54, 1.807) is 6.92 Å². The van der Waals surface area contributed by atoms with Gasteiger partial charge in [0.2, 0.25) is 5.76 Å². The standard InChI is InChI=1S/C14H19NO3/c1-3-10-18-13(14(16)17-4-2)11-15-12-8-6-5-7-9-12/h5-9,11,15H,3-4,10H2,1-2H3/b13-11-. The molecule has 98 valence electrons. The zero-order chi connectivity index (χ0) is 13.2. The molecule has 0 atom stereocenters. The van der Waals surface area contributed by atoms with E-state index in [1.165, 1.54) is 6.20 Å². The average molecular weight is 249 g/mol. The Morgan fingerprint density at radius 3 is 2.56 bits per heavy atom. The third-order valence-electron chi connectivity index (χ3n) is 2.08. The van der Waals surface area contributed by atoms with E-state index in [9.17, 15) is 4.79 Å². The number of hydrogen-bond donors (Lipinski definition) is 1. The summed E-state index contributed by atoms with van der Waals surface area (Å²) in [6.07, 6.45) is 2.37. The molecule has 1 aromatic rings. The summed E-state index contributed by atoms with van der Waals surface area (Å²) in [6, 6.07) is 9.55. The van der Waals surface area contributed by atoms with Crippen LogP contribution in [0, 0.1) is 0 Å². The molecule has 0 saturated heterocycles. The van der Waals surface area contributed by atoms with Crippen LogP contribution in [0.3, 0.4) is 0 Å². The third-order valence-corrected chi connectivity index (χ3v) is 2.08. The van der Waals surface area contributed by atoms with Crippen LogP contribution in [0.15, 0.2) is 42.3 Å². The molecule has 4 heteroatoms. The molecule has 0 saturated carbocycles. The molecular formula is C14H19NO3. The summed E-state index contributed by atoms with van der Waals surface area (Å²) in [5, 5.41) is 3.01. The normalized spacial score (nSPS) is 10.9. The van der Waals surface area contributed by atoms with E-state index in [4.69, 9.17) is 9.47 Å². The van der Waals surface area contributed by atoms with Gasteiger partial charge in [0.25, 0.3) is 0 Å². The summed E-state index contributed by atoms with van der Waals surface area (Å²) >= 11 is 0. The highest BCUT2D eigenvalue weighted by Gasteiger charge is 2.11. The Morgan fingerprint density at radius 2 is 1.94 bits per heavy atom. The van der Waals surface area contributed by atoms with Crippen LogP contribution in [0.1, 0.15) is 20.3 Å². The Balaban J connectivity index is 2.66. The molecule has 0 amide bonds. The smallest absolute Gasteiger partial charge is 0.375 e. The maximum Gasteiger partial charge on any atom is 0.375 e. The highest BCUT2D eigenvalue weighted by atomic mass is 16.6. The van der Waals surface area contributed by atoms with Crippen molar-refractivity contribution < 1.29 is 14.3 Å². The van der Waals surface area contributed by atoms with Gasteiger partial charge in [0.15, 0.2) is 0 Å². The van der Waals surface area contributed by atoms with E-state index in [0.29, 0.717) is 13.2 Å². The minimum atomic E-state index is -0.450. The van der Waals surface area contributed by atoms with Crippen LogP contribution in [0.4, 0.5) is 5.69 Å². The number of benzene rings is 1. The maximum atomic E-state index is 11.6. The zero-order valence-corrected chi connectivity index (χ0v) is 10.8. The lowest BCUT2D eigenvalue weighted by Crippen LogP contribution is -2.12. The van der Waals surface area contributed by atoms with E-state index < -0.39 is 5.97 Å². The minimum absolute atomic E-state index is 0.197. The first-order valence-corrected chi connectivity index (χ1v) is 6.09. The molecule has 18 heavy (non-hydrogen) atoms. The summed E-state index contributed by atoms with van der Waals surface area (Å²) in [5.41, 5.74) is 0.888. The van der Waals surface area contributed by atoms with Crippen molar-refractivity contribution in [1.29, 1.82) is 0 Å². The second-order valence-corrected chi connectivity index (χ2v) is 3.59. The fraction of sp³-hybridized carbons (Fsp3) is 0.357. The van der Waals surface area contributed by atoms with Crippen molar-refractivity contribution in [3.63, 3.8) is 0 Å². The first-order chi connectivity index (χ1) is 8.77. The highest BCUT2D eigenvalue weighted by molar-refractivity contribution is 5.86. The van der Waals surface area contributed by atoms with Gasteiger partial charge in [-0.3, -0.25) is 0 Å². The van der Waals surface area contributed by atoms with Crippen LogP contribution >= 0.6 is 0 Å². The van der Waals surface area contributed by atoms with Crippen molar-refractivity contribution in [2.75, 3.05) is 18.5 Å². The van der Waals surface area contributed by atoms with Gasteiger partial charge in [0.05, 0.1) is 19.4 Å². The molecule has 0 aliphatic carbocycles. The van der Waals surface area contributed by atoms with Crippen LogP contribution in [0.2, 0.25) is 0 Å². The maximum absolute atomic E-state index is 11.6. The highest BCUT2D eigenvalue weighted by Crippen LogP contribution is 2.08. The number of rotatable bonds is 7. The van der Waals surface area contributed by atoms with Gasteiger partial charge in [-0.2, -0.15) is 0 Å². The second kappa shape index (κ2) is 8.17. The van der Waals surface area contributed by atoms with E-state index in [2.05, 4.69) is 5.32 Å². The number of nitrogens with one attached hydrogen (secondary N) is 1. The minimum Gasteiger partial charge on any atom is -0.486 e. The predicted molar refractivity (Wildman–Crippen MR) is 71.0 cm³/mol. The first kappa shape index (κ1) is 14.1. The lowest BCUT2D eigenvalue weighted by molar-refractivity contribution is -0.142. The second-order valence-electron chi connectivity index (χ2n) is 3.59. The lowest BCUT2D eigenvalue weighted by Gasteiger charge is -2.09. The van der Waals surface area contributed by atoms with Crippen molar-refractivity contribution in [3.05, 3.63) is 42.3 Å². The van der Waals surface area contributed by atoms with Gasteiger partial charge in [-0.25, -0.2) is 4.79 Å². The van der Waals surface area contributed by atoms with Crippen LogP contribution < -0.4 is 5.32 Å². The van der Waals surface area contributed by atoms with Crippen LogP contribution in [0.5, 0.6) is 0 Å². The molecule has 0 aliphatic rings. The third kappa shape index (κ3) is 4.91. The molecule has 1 N–H and O–H groups in total. The Hall–Kier alpha value is -1.97. The molecule has 1 rings (SSSR count). The number of para-hydroxylation sites is 1. The van der Waals surface area contributed by atoms with Gasteiger partial charge in [0.1, 0.15) is 0 Å². The molecule has 0 radical (unpaired) electrons. The van der Waals surface area contributed by atoms with Gasteiger partial charge in [-0.1, -0.05) is 25.1 Å². The Kier molecular flexibility index (Phi) is 6.40. The molecule has 0 aromatic heterocycles. The first-order valence-electron chi connectivity index (χ1n) is 6.09. The Bertz CT molecular complexity index is 387. The summed E-state index contributed by atoms with van der Waals surface area (Å²) in [4.78, 5) is 11.6. The fourth-order valence-electron chi connectivity index (χ4n) is 1.26. The van der Waals surface area contributed by atoms with Gasteiger partial charge >= 0.3 is 5.97 Å². The quantitative estimate of drug-likeness (QED) is 0.458. The fourth-order valence-corrected chi connectivity index (χ4v) is 1.26.